The van der Waals surface area contributed by atoms with Crippen LogP contribution in [0.4, 0.5) is 0 Å². The first kappa shape index (κ1) is 17.9. The summed E-state index contributed by atoms with van der Waals surface area (Å²) >= 11 is 6.46. The van der Waals surface area contributed by atoms with Crippen LogP contribution in [0.3, 0.4) is 0 Å². The molecule has 3 heteroatoms. The molecule has 1 aromatic rings. The molecule has 21 heavy (non-hydrogen) atoms. The summed E-state index contributed by atoms with van der Waals surface area (Å²) in [6.07, 6.45) is 7.56. The Hall–Kier alpha value is -1.15. The Morgan fingerprint density at radius 1 is 1.00 bits per heavy atom. The van der Waals surface area contributed by atoms with Crippen molar-refractivity contribution in [3.8, 4) is 11.5 Å². The SMILES string of the molecule is CC/C=C\CC(CC)c1cc(OCC)c(OCC)cc1Cl. The lowest BCUT2D eigenvalue weighted by atomic mass is 9.92. The molecular weight excluding hydrogens is 284 g/mol. The predicted octanol–water partition coefficient (Wildman–Crippen LogP) is 5.99. The van der Waals surface area contributed by atoms with Crippen molar-refractivity contribution in [3.63, 3.8) is 0 Å². The molecule has 1 atom stereocenters. The molecule has 118 valence electrons. The molecule has 0 saturated heterocycles. The molecule has 2 nitrogen and oxygen atoms in total. The van der Waals surface area contributed by atoms with Gasteiger partial charge in [-0.25, -0.2) is 0 Å². The van der Waals surface area contributed by atoms with Crippen molar-refractivity contribution < 1.29 is 9.47 Å². The zero-order valence-electron chi connectivity index (χ0n) is 13.6. The molecule has 1 unspecified atom stereocenters. The highest BCUT2D eigenvalue weighted by Gasteiger charge is 2.16. The van der Waals surface area contributed by atoms with Gasteiger partial charge in [0.2, 0.25) is 0 Å². The number of halogens is 1. The quantitative estimate of drug-likeness (QED) is 0.522. The molecule has 0 heterocycles. The Bertz CT molecular complexity index is 455. The van der Waals surface area contributed by atoms with Crippen molar-refractivity contribution in [2.24, 2.45) is 0 Å². The molecule has 1 rings (SSSR count). The largest absolute Gasteiger partial charge is 0.490 e. The number of hydrogen-bond acceptors (Lipinski definition) is 2. The van der Waals surface area contributed by atoms with Crippen molar-refractivity contribution in [1.82, 2.24) is 0 Å². The van der Waals surface area contributed by atoms with Crippen LogP contribution >= 0.6 is 11.6 Å². The van der Waals surface area contributed by atoms with Crippen LogP contribution < -0.4 is 9.47 Å². The summed E-state index contributed by atoms with van der Waals surface area (Å²) in [5, 5.41) is 0.763. The van der Waals surface area contributed by atoms with Gasteiger partial charge in [0, 0.05) is 11.1 Å². The van der Waals surface area contributed by atoms with Gasteiger partial charge < -0.3 is 9.47 Å². The van der Waals surface area contributed by atoms with Crippen molar-refractivity contribution in [2.75, 3.05) is 13.2 Å². The van der Waals surface area contributed by atoms with E-state index in [9.17, 15) is 0 Å². The van der Waals surface area contributed by atoms with Crippen LogP contribution in [-0.4, -0.2) is 13.2 Å². The van der Waals surface area contributed by atoms with E-state index in [4.69, 9.17) is 21.1 Å². The van der Waals surface area contributed by atoms with E-state index in [1.54, 1.807) is 0 Å². The predicted molar refractivity (Wildman–Crippen MR) is 90.9 cm³/mol. The van der Waals surface area contributed by atoms with Crippen LogP contribution in [0.25, 0.3) is 0 Å². The molecule has 1 aromatic carbocycles. The van der Waals surface area contributed by atoms with Gasteiger partial charge in [-0.1, -0.05) is 37.6 Å². The van der Waals surface area contributed by atoms with Gasteiger partial charge in [0.15, 0.2) is 11.5 Å². The smallest absolute Gasteiger partial charge is 0.162 e. The van der Waals surface area contributed by atoms with E-state index in [1.165, 1.54) is 0 Å². The van der Waals surface area contributed by atoms with Gasteiger partial charge in [-0.3, -0.25) is 0 Å². The minimum Gasteiger partial charge on any atom is -0.490 e. The van der Waals surface area contributed by atoms with Gasteiger partial charge in [-0.15, -0.1) is 0 Å². The van der Waals surface area contributed by atoms with E-state index in [2.05, 4.69) is 26.0 Å². The molecule has 0 aliphatic carbocycles. The van der Waals surface area contributed by atoms with E-state index >= 15 is 0 Å². The van der Waals surface area contributed by atoms with Crippen LogP contribution in [0.1, 0.15) is 58.4 Å². The maximum Gasteiger partial charge on any atom is 0.162 e. The van der Waals surface area contributed by atoms with Gasteiger partial charge >= 0.3 is 0 Å². The highest BCUT2D eigenvalue weighted by molar-refractivity contribution is 6.31. The highest BCUT2D eigenvalue weighted by atomic mass is 35.5. The van der Waals surface area contributed by atoms with Gasteiger partial charge in [-0.2, -0.15) is 0 Å². The van der Waals surface area contributed by atoms with Crippen molar-refractivity contribution in [3.05, 3.63) is 34.9 Å². The molecule has 0 amide bonds. The minimum atomic E-state index is 0.412. The molecule has 0 radical (unpaired) electrons. The molecular formula is C18H27ClO2. The fourth-order valence-corrected chi connectivity index (χ4v) is 2.65. The normalized spacial score (nSPS) is 12.6. The summed E-state index contributed by atoms with van der Waals surface area (Å²) in [5.41, 5.74) is 1.15. The summed E-state index contributed by atoms with van der Waals surface area (Å²) in [6.45, 7) is 9.50. The van der Waals surface area contributed by atoms with Crippen LogP contribution in [0.5, 0.6) is 11.5 Å². The Morgan fingerprint density at radius 3 is 2.14 bits per heavy atom. The van der Waals surface area contributed by atoms with Crippen molar-refractivity contribution >= 4 is 11.6 Å². The van der Waals surface area contributed by atoms with E-state index in [0.29, 0.717) is 19.1 Å². The summed E-state index contributed by atoms with van der Waals surface area (Å²) in [6, 6.07) is 3.93. The van der Waals surface area contributed by atoms with Crippen LogP contribution in [-0.2, 0) is 0 Å². The van der Waals surface area contributed by atoms with Crippen LogP contribution in [0, 0.1) is 0 Å². The minimum absolute atomic E-state index is 0.412. The molecule has 0 aliphatic heterocycles. The molecule has 0 spiro atoms. The average molecular weight is 311 g/mol. The number of ether oxygens (including phenoxy) is 2. The number of rotatable bonds is 9. The first-order valence-corrected chi connectivity index (χ1v) is 8.29. The third-order valence-corrected chi connectivity index (χ3v) is 3.75. The second-order valence-electron chi connectivity index (χ2n) is 4.91. The van der Waals surface area contributed by atoms with Gasteiger partial charge in [-0.05, 0) is 50.7 Å². The number of hydrogen-bond donors (Lipinski definition) is 0. The van der Waals surface area contributed by atoms with E-state index < -0.39 is 0 Å². The first-order chi connectivity index (χ1) is 10.2. The Labute approximate surface area is 134 Å². The zero-order chi connectivity index (χ0) is 15.7. The summed E-state index contributed by atoms with van der Waals surface area (Å²) in [7, 11) is 0. The van der Waals surface area contributed by atoms with E-state index in [0.717, 1.165) is 41.3 Å². The second-order valence-corrected chi connectivity index (χ2v) is 5.31. The molecule has 0 bridgehead atoms. The number of allylic oxidation sites excluding steroid dienone is 2. The standard InChI is InChI=1S/C18H27ClO2/c1-5-9-10-11-14(6-2)15-12-17(20-7-3)18(21-8-4)13-16(15)19/h9-10,12-14H,5-8,11H2,1-4H3/b10-9-. The van der Waals surface area contributed by atoms with Gasteiger partial charge in [0.05, 0.1) is 13.2 Å². The van der Waals surface area contributed by atoms with E-state index in [1.807, 2.05) is 26.0 Å². The Morgan fingerprint density at radius 2 is 1.62 bits per heavy atom. The molecule has 0 aromatic heterocycles. The van der Waals surface area contributed by atoms with Gasteiger partial charge in [0.25, 0.3) is 0 Å². The van der Waals surface area contributed by atoms with E-state index in [-0.39, 0.29) is 0 Å². The second kappa shape index (κ2) is 9.73. The fourth-order valence-electron chi connectivity index (χ4n) is 2.34. The molecule has 0 N–H and O–H groups in total. The Balaban J connectivity index is 3.09. The lowest BCUT2D eigenvalue weighted by Crippen LogP contribution is -2.03. The monoisotopic (exact) mass is 310 g/mol. The Kier molecular flexibility index (Phi) is 8.29. The lowest BCUT2D eigenvalue weighted by molar-refractivity contribution is 0.287. The van der Waals surface area contributed by atoms with Crippen LogP contribution in [0.15, 0.2) is 24.3 Å². The third kappa shape index (κ3) is 5.28. The maximum atomic E-state index is 6.46. The van der Waals surface area contributed by atoms with Crippen molar-refractivity contribution in [1.29, 1.82) is 0 Å². The average Bonchev–Trinajstić information content (AvgIpc) is 2.47. The molecule has 0 aliphatic rings. The first-order valence-electron chi connectivity index (χ1n) is 7.91. The summed E-state index contributed by atoms with van der Waals surface area (Å²) < 4.78 is 11.3. The number of benzene rings is 1. The fraction of sp³-hybridized carbons (Fsp3) is 0.556. The lowest BCUT2D eigenvalue weighted by Gasteiger charge is -2.19. The summed E-state index contributed by atoms with van der Waals surface area (Å²) in [4.78, 5) is 0. The third-order valence-electron chi connectivity index (χ3n) is 3.42. The molecule has 0 fully saturated rings. The summed E-state index contributed by atoms with van der Waals surface area (Å²) in [5.74, 6) is 1.93. The maximum absolute atomic E-state index is 6.46. The topological polar surface area (TPSA) is 18.5 Å². The van der Waals surface area contributed by atoms with Crippen LogP contribution in [0.2, 0.25) is 5.02 Å². The highest BCUT2D eigenvalue weighted by Crippen LogP contribution is 2.39. The van der Waals surface area contributed by atoms with Gasteiger partial charge in [0.1, 0.15) is 0 Å². The van der Waals surface area contributed by atoms with Crippen molar-refractivity contribution in [2.45, 2.75) is 52.9 Å². The zero-order valence-corrected chi connectivity index (χ0v) is 14.4. The molecule has 0 saturated carbocycles.